The summed E-state index contributed by atoms with van der Waals surface area (Å²) in [6.07, 6.45) is 1.52. The summed E-state index contributed by atoms with van der Waals surface area (Å²) in [5.74, 6) is 0. The van der Waals surface area contributed by atoms with Crippen LogP contribution in [0.1, 0.15) is 26.5 Å². The summed E-state index contributed by atoms with van der Waals surface area (Å²) in [5.41, 5.74) is 4.67. The van der Waals surface area contributed by atoms with Crippen LogP contribution in [0.15, 0.2) is 6.20 Å². The molecule has 1 atom stereocenters. The molecule has 0 aliphatic carbocycles. The largest absolute Gasteiger partial charge is 0.382 e. The third-order valence-corrected chi connectivity index (χ3v) is 3.10. The lowest BCUT2D eigenvalue weighted by Crippen LogP contribution is -2.47. The van der Waals surface area contributed by atoms with Crippen molar-refractivity contribution in [2.45, 2.75) is 26.4 Å². The maximum atomic E-state index is 10.6. The smallest absolute Gasteiger partial charge is 0.125 e. The molecule has 0 saturated carbocycles. The van der Waals surface area contributed by atoms with Gasteiger partial charge in [-0.25, -0.2) is 0 Å². The predicted octanol–water partition coefficient (Wildman–Crippen LogP) is 1.27. The predicted molar refractivity (Wildman–Crippen MR) is 60.6 cm³/mol. The molecular formula is C10H18ClN3O. The Hall–Kier alpha value is -0.580. The van der Waals surface area contributed by atoms with Crippen LogP contribution in [0.2, 0.25) is 5.02 Å². The van der Waals surface area contributed by atoms with Crippen LogP contribution in [-0.4, -0.2) is 21.4 Å². The van der Waals surface area contributed by atoms with Crippen molar-refractivity contribution in [2.24, 2.45) is 18.2 Å². The minimum absolute atomic E-state index is 0.107. The number of aryl methyl sites for hydroxylation is 1. The summed E-state index contributed by atoms with van der Waals surface area (Å²) >= 11 is 6.02. The molecule has 0 radical (unpaired) electrons. The number of hydrogen-bond acceptors (Lipinski definition) is 3. The summed E-state index contributed by atoms with van der Waals surface area (Å²) in [5, 5.41) is 15.1. The number of halogens is 1. The van der Waals surface area contributed by atoms with E-state index in [9.17, 15) is 5.11 Å². The molecule has 86 valence electrons. The maximum Gasteiger partial charge on any atom is 0.125 e. The highest BCUT2D eigenvalue weighted by atomic mass is 35.5. The van der Waals surface area contributed by atoms with E-state index in [1.54, 1.807) is 11.7 Å². The third-order valence-electron chi connectivity index (χ3n) is 2.82. The van der Waals surface area contributed by atoms with Crippen molar-refractivity contribution in [1.29, 1.82) is 0 Å². The van der Waals surface area contributed by atoms with Gasteiger partial charge in [0.25, 0.3) is 0 Å². The Labute approximate surface area is 95.0 Å². The molecular weight excluding hydrogens is 214 g/mol. The molecule has 5 heteroatoms. The number of aliphatic hydroxyl groups is 1. The van der Waals surface area contributed by atoms with E-state index in [-0.39, 0.29) is 6.54 Å². The minimum atomic E-state index is -1.17. The molecule has 0 aliphatic rings. The Bertz CT molecular complexity index is 337. The molecule has 1 aromatic rings. The summed E-state index contributed by atoms with van der Waals surface area (Å²) in [6.45, 7) is 5.87. The maximum absolute atomic E-state index is 10.6. The van der Waals surface area contributed by atoms with Crippen LogP contribution in [0.3, 0.4) is 0 Å². The standard InChI is InChI=1S/C10H18ClN3O/c1-9(2,3)10(15,6-12)8-7(11)5-13-14(8)4/h5,15H,6,12H2,1-4H3. The average Bonchev–Trinajstić information content (AvgIpc) is 2.43. The molecule has 0 aromatic carbocycles. The molecule has 0 aliphatic heterocycles. The zero-order valence-corrected chi connectivity index (χ0v) is 10.3. The fraction of sp³-hybridized carbons (Fsp3) is 0.700. The molecule has 4 nitrogen and oxygen atoms in total. The normalized spacial score (nSPS) is 16.5. The van der Waals surface area contributed by atoms with Gasteiger partial charge in [0.1, 0.15) is 5.60 Å². The monoisotopic (exact) mass is 231 g/mol. The van der Waals surface area contributed by atoms with Crippen molar-refractivity contribution in [1.82, 2.24) is 9.78 Å². The fourth-order valence-corrected chi connectivity index (χ4v) is 1.96. The van der Waals surface area contributed by atoms with E-state index >= 15 is 0 Å². The first-order valence-corrected chi connectivity index (χ1v) is 5.22. The van der Waals surface area contributed by atoms with Gasteiger partial charge in [0.05, 0.1) is 16.9 Å². The molecule has 0 spiro atoms. The molecule has 3 N–H and O–H groups in total. The molecule has 0 amide bonds. The van der Waals surface area contributed by atoms with Crippen LogP contribution in [0.25, 0.3) is 0 Å². The van der Waals surface area contributed by atoms with E-state index in [0.29, 0.717) is 10.7 Å². The molecule has 1 rings (SSSR count). The van der Waals surface area contributed by atoms with E-state index in [0.717, 1.165) is 0 Å². The van der Waals surface area contributed by atoms with E-state index < -0.39 is 11.0 Å². The Morgan fingerprint density at radius 1 is 1.53 bits per heavy atom. The number of aromatic nitrogens is 2. The van der Waals surface area contributed by atoms with Crippen LogP contribution < -0.4 is 5.73 Å². The zero-order chi connectivity index (χ0) is 11.9. The Morgan fingerprint density at radius 2 is 2.07 bits per heavy atom. The van der Waals surface area contributed by atoms with E-state index in [2.05, 4.69) is 5.10 Å². The number of nitrogens with two attached hydrogens (primary N) is 1. The van der Waals surface area contributed by atoms with Gasteiger partial charge in [-0.05, 0) is 5.41 Å². The lowest BCUT2D eigenvalue weighted by atomic mass is 9.74. The summed E-state index contributed by atoms with van der Waals surface area (Å²) in [7, 11) is 1.74. The third kappa shape index (κ3) is 1.89. The van der Waals surface area contributed by atoms with Crippen molar-refractivity contribution in [3.05, 3.63) is 16.9 Å². The first-order valence-electron chi connectivity index (χ1n) is 4.84. The molecule has 1 heterocycles. The van der Waals surface area contributed by atoms with Gasteiger partial charge in [-0.15, -0.1) is 0 Å². The van der Waals surface area contributed by atoms with Gasteiger partial charge < -0.3 is 10.8 Å². The average molecular weight is 232 g/mol. The topological polar surface area (TPSA) is 64.1 Å². The van der Waals surface area contributed by atoms with Crippen LogP contribution in [0.4, 0.5) is 0 Å². The van der Waals surface area contributed by atoms with Gasteiger partial charge in [0.2, 0.25) is 0 Å². The summed E-state index contributed by atoms with van der Waals surface area (Å²) in [4.78, 5) is 0. The highest BCUT2D eigenvalue weighted by Gasteiger charge is 2.44. The summed E-state index contributed by atoms with van der Waals surface area (Å²) in [6, 6.07) is 0. The molecule has 0 bridgehead atoms. The molecule has 1 unspecified atom stereocenters. The highest BCUT2D eigenvalue weighted by molar-refractivity contribution is 6.31. The van der Waals surface area contributed by atoms with Crippen LogP contribution in [-0.2, 0) is 12.6 Å². The number of rotatable bonds is 2. The van der Waals surface area contributed by atoms with Crippen molar-refractivity contribution >= 4 is 11.6 Å². The Balaban J connectivity index is 3.36. The lowest BCUT2D eigenvalue weighted by Gasteiger charge is -2.39. The minimum Gasteiger partial charge on any atom is -0.382 e. The zero-order valence-electron chi connectivity index (χ0n) is 9.58. The second kappa shape index (κ2) is 3.77. The van der Waals surface area contributed by atoms with Gasteiger partial charge in [0.15, 0.2) is 0 Å². The highest BCUT2D eigenvalue weighted by Crippen LogP contribution is 2.40. The van der Waals surface area contributed by atoms with Gasteiger partial charge in [-0.2, -0.15) is 5.10 Å². The molecule has 15 heavy (non-hydrogen) atoms. The molecule has 1 aromatic heterocycles. The molecule has 0 saturated heterocycles. The lowest BCUT2D eigenvalue weighted by molar-refractivity contribution is -0.0619. The Kier molecular flexibility index (Phi) is 3.14. The van der Waals surface area contributed by atoms with Crippen LogP contribution in [0.5, 0.6) is 0 Å². The van der Waals surface area contributed by atoms with Crippen molar-refractivity contribution in [3.63, 3.8) is 0 Å². The van der Waals surface area contributed by atoms with Crippen molar-refractivity contribution in [2.75, 3.05) is 6.54 Å². The van der Waals surface area contributed by atoms with Gasteiger partial charge in [-0.3, -0.25) is 4.68 Å². The summed E-state index contributed by atoms with van der Waals surface area (Å²) < 4.78 is 1.57. The van der Waals surface area contributed by atoms with Crippen molar-refractivity contribution < 1.29 is 5.11 Å². The van der Waals surface area contributed by atoms with Gasteiger partial charge in [-0.1, -0.05) is 32.4 Å². The van der Waals surface area contributed by atoms with Crippen molar-refractivity contribution in [3.8, 4) is 0 Å². The molecule has 0 fully saturated rings. The van der Waals surface area contributed by atoms with E-state index in [1.807, 2.05) is 20.8 Å². The van der Waals surface area contributed by atoms with Crippen LogP contribution in [0, 0.1) is 5.41 Å². The van der Waals surface area contributed by atoms with E-state index in [1.165, 1.54) is 6.20 Å². The fourth-order valence-electron chi connectivity index (χ4n) is 1.63. The first kappa shape index (κ1) is 12.5. The van der Waals surface area contributed by atoms with Gasteiger partial charge >= 0.3 is 0 Å². The van der Waals surface area contributed by atoms with E-state index in [4.69, 9.17) is 17.3 Å². The SMILES string of the molecule is Cn1ncc(Cl)c1C(O)(CN)C(C)(C)C. The van der Waals surface area contributed by atoms with Gasteiger partial charge in [0, 0.05) is 13.6 Å². The quantitative estimate of drug-likeness (QED) is 0.806. The van der Waals surface area contributed by atoms with Crippen LogP contribution >= 0.6 is 11.6 Å². The number of hydrogen-bond donors (Lipinski definition) is 2. The number of nitrogens with zero attached hydrogens (tertiary/aromatic N) is 2. The Morgan fingerprint density at radius 3 is 2.33 bits per heavy atom. The first-order chi connectivity index (χ1) is 6.74. The second-order valence-electron chi connectivity index (χ2n) is 4.78. The second-order valence-corrected chi connectivity index (χ2v) is 5.19.